The van der Waals surface area contributed by atoms with Crippen LogP contribution >= 0.6 is 11.6 Å². The van der Waals surface area contributed by atoms with Gasteiger partial charge >= 0.3 is 6.18 Å². The third-order valence-electron chi connectivity index (χ3n) is 5.11. The fraction of sp³-hybridized carbons (Fsp3) is 0.391. The van der Waals surface area contributed by atoms with E-state index >= 15 is 0 Å². The molecule has 0 atom stereocenters. The van der Waals surface area contributed by atoms with Gasteiger partial charge in [-0.1, -0.05) is 24.6 Å². The van der Waals surface area contributed by atoms with Crippen LogP contribution in [0.25, 0.3) is 6.08 Å². The second kappa shape index (κ2) is 10.8. The molecule has 178 valence electrons. The van der Waals surface area contributed by atoms with E-state index in [2.05, 4.69) is 4.98 Å². The van der Waals surface area contributed by atoms with Crippen molar-refractivity contribution in [3.05, 3.63) is 52.7 Å². The van der Waals surface area contributed by atoms with Gasteiger partial charge in [0.1, 0.15) is 5.82 Å². The molecule has 1 aromatic carbocycles. The van der Waals surface area contributed by atoms with Crippen LogP contribution in [0.4, 0.5) is 19.0 Å². The lowest BCUT2D eigenvalue weighted by molar-refractivity contribution is -0.137. The Morgan fingerprint density at radius 1 is 1.18 bits per heavy atom. The molecule has 0 spiro atoms. The maximum absolute atomic E-state index is 12.8. The molecule has 1 aromatic heterocycles. The van der Waals surface area contributed by atoms with E-state index in [1.54, 1.807) is 35.1 Å². The first-order chi connectivity index (χ1) is 15.7. The van der Waals surface area contributed by atoms with Crippen molar-refractivity contribution in [2.75, 3.05) is 44.8 Å². The van der Waals surface area contributed by atoms with Gasteiger partial charge in [0.15, 0.2) is 11.5 Å². The summed E-state index contributed by atoms with van der Waals surface area (Å²) in [6, 6.07) is 6.31. The molecule has 2 heterocycles. The number of alkyl halides is 3. The first-order valence-electron chi connectivity index (χ1n) is 10.5. The number of halogens is 4. The van der Waals surface area contributed by atoms with Gasteiger partial charge in [0.05, 0.1) is 24.3 Å². The average Bonchev–Trinajstić information content (AvgIpc) is 2.80. The Balaban J connectivity index is 1.59. The number of rotatable bonds is 7. The summed E-state index contributed by atoms with van der Waals surface area (Å²) < 4.78 is 49.4. The highest BCUT2D eigenvalue weighted by atomic mass is 35.5. The summed E-state index contributed by atoms with van der Waals surface area (Å²) in [5, 5.41) is -0.0650. The molecule has 0 radical (unpaired) electrons. The van der Waals surface area contributed by atoms with E-state index in [4.69, 9.17) is 21.1 Å². The van der Waals surface area contributed by atoms with Gasteiger partial charge in [-0.2, -0.15) is 13.2 Å². The number of carbonyl (C=O) groups excluding carboxylic acids is 1. The minimum Gasteiger partial charge on any atom is -0.493 e. The predicted octanol–water partition coefficient (Wildman–Crippen LogP) is 4.91. The number of carbonyl (C=O) groups is 1. The number of aromatic nitrogens is 1. The van der Waals surface area contributed by atoms with Crippen LogP contribution in [0.5, 0.6) is 11.5 Å². The quantitative estimate of drug-likeness (QED) is 0.524. The number of benzene rings is 1. The number of pyridine rings is 1. The molecule has 1 fully saturated rings. The summed E-state index contributed by atoms with van der Waals surface area (Å²) in [7, 11) is 1.56. The molecule has 1 amide bonds. The summed E-state index contributed by atoms with van der Waals surface area (Å²) in [5.74, 6) is 1.36. The van der Waals surface area contributed by atoms with E-state index < -0.39 is 11.7 Å². The molecule has 1 aliphatic rings. The smallest absolute Gasteiger partial charge is 0.417 e. The largest absolute Gasteiger partial charge is 0.493 e. The molecule has 2 aromatic rings. The van der Waals surface area contributed by atoms with Gasteiger partial charge in [-0.05, 0) is 36.3 Å². The number of methoxy groups -OCH3 is 1. The molecular formula is C23H25ClF3N3O3. The predicted molar refractivity (Wildman–Crippen MR) is 121 cm³/mol. The Labute approximate surface area is 195 Å². The number of ether oxygens (including phenoxy) is 2. The van der Waals surface area contributed by atoms with Crippen LogP contribution in [-0.4, -0.2) is 55.7 Å². The number of hydrogen-bond donors (Lipinski definition) is 0. The molecule has 10 heteroatoms. The zero-order chi connectivity index (χ0) is 24.0. The monoisotopic (exact) mass is 483 g/mol. The second-order valence-corrected chi connectivity index (χ2v) is 7.84. The molecule has 0 N–H and O–H groups in total. The van der Waals surface area contributed by atoms with Crippen molar-refractivity contribution in [1.82, 2.24) is 9.88 Å². The lowest BCUT2D eigenvalue weighted by Crippen LogP contribution is -2.48. The Morgan fingerprint density at radius 3 is 2.52 bits per heavy atom. The molecule has 1 aliphatic heterocycles. The molecule has 33 heavy (non-hydrogen) atoms. The second-order valence-electron chi connectivity index (χ2n) is 7.43. The number of nitrogens with zero attached hydrogens (tertiary/aromatic N) is 3. The minimum atomic E-state index is -4.50. The average molecular weight is 484 g/mol. The fourth-order valence-corrected chi connectivity index (χ4v) is 3.63. The molecule has 0 bridgehead atoms. The summed E-state index contributed by atoms with van der Waals surface area (Å²) in [4.78, 5) is 19.9. The van der Waals surface area contributed by atoms with Crippen molar-refractivity contribution in [2.24, 2.45) is 0 Å². The summed E-state index contributed by atoms with van der Waals surface area (Å²) in [6.45, 7) is 4.22. The number of amides is 1. The van der Waals surface area contributed by atoms with Gasteiger partial charge in [-0.25, -0.2) is 4.98 Å². The number of anilines is 1. The first-order valence-corrected chi connectivity index (χ1v) is 10.9. The van der Waals surface area contributed by atoms with Gasteiger partial charge in [-0.15, -0.1) is 0 Å². The molecule has 1 saturated heterocycles. The normalized spacial score (nSPS) is 14.6. The van der Waals surface area contributed by atoms with Crippen LogP contribution < -0.4 is 14.4 Å². The summed E-state index contributed by atoms with van der Waals surface area (Å²) >= 11 is 6.03. The zero-order valence-corrected chi connectivity index (χ0v) is 19.1. The van der Waals surface area contributed by atoms with E-state index in [9.17, 15) is 18.0 Å². The summed E-state index contributed by atoms with van der Waals surface area (Å²) in [6.07, 6.45) is 0.344. The Hall–Kier alpha value is -2.94. The van der Waals surface area contributed by atoms with E-state index in [0.29, 0.717) is 44.3 Å². The third-order valence-corrected chi connectivity index (χ3v) is 5.39. The molecule has 0 saturated carbocycles. The van der Waals surface area contributed by atoms with Crippen molar-refractivity contribution in [3.8, 4) is 11.5 Å². The van der Waals surface area contributed by atoms with Crippen LogP contribution in [0.2, 0.25) is 5.02 Å². The molecule has 0 unspecified atom stereocenters. The lowest BCUT2D eigenvalue weighted by Gasteiger charge is -2.35. The number of hydrogen-bond acceptors (Lipinski definition) is 5. The zero-order valence-electron chi connectivity index (χ0n) is 18.4. The topological polar surface area (TPSA) is 54.9 Å². The maximum Gasteiger partial charge on any atom is 0.417 e. The van der Waals surface area contributed by atoms with Gasteiger partial charge in [0, 0.05) is 38.5 Å². The van der Waals surface area contributed by atoms with Crippen molar-refractivity contribution < 1.29 is 27.4 Å². The Kier molecular flexibility index (Phi) is 8.07. The van der Waals surface area contributed by atoms with Crippen LogP contribution in [-0.2, 0) is 11.0 Å². The SMILES string of the molecule is CCCOc1ccc(/C=C/C(=O)N2CCN(c3ncc(C(F)(F)F)cc3Cl)CC2)cc1OC. The molecule has 3 rings (SSSR count). The van der Waals surface area contributed by atoms with Crippen LogP contribution in [0.1, 0.15) is 24.5 Å². The van der Waals surface area contributed by atoms with Crippen molar-refractivity contribution in [3.63, 3.8) is 0 Å². The number of piperazine rings is 1. The lowest BCUT2D eigenvalue weighted by atomic mass is 10.1. The van der Waals surface area contributed by atoms with Crippen LogP contribution in [0.15, 0.2) is 36.5 Å². The molecule has 6 nitrogen and oxygen atoms in total. The standard InChI is InChI=1S/C23H25ClF3N3O3/c1-3-12-33-19-6-4-16(13-20(19)32-2)5-7-21(31)29-8-10-30(11-9-29)22-18(24)14-17(15-28-22)23(25,26)27/h4-7,13-15H,3,8-12H2,1-2H3/b7-5+. The highest BCUT2D eigenvalue weighted by Gasteiger charge is 2.32. The Morgan fingerprint density at radius 2 is 1.91 bits per heavy atom. The van der Waals surface area contributed by atoms with E-state index in [-0.39, 0.29) is 16.7 Å². The molecule has 0 aliphatic carbocycles. The van der Waals surface area contributed by atoms with Gasteiger partial charge < -0.3 is 19.3 Å². The van der Waals surface area contributed by atoms with Gasteiger partial charge in [0.2, 0.25) is 5.91 Å². The minimum absolute atomic E-state index is 0.0650. The van der Waals surface area contributed by atoms with Crippen molar-refractivity contribution in [2.45, 2.75) is 19.5 Å². The summed E-state index contributed by atoms with van der Waals surface area (Å²) in [5.41, 5.74) is -0.0970. The molecular weight excluding hydrogens is 459 g/mol. The Bertz CT molecular complexity index is 1010. The fourth-order valence-electron chi connectivity index (χ4n) is 3.35. The highest BCUT2D eigenvalue weighted by Crippen LogP contribution is 2.34. The van der Waals surface area contributed by atoms with E-state index in [1.165, 1.54) is 6.08 Å². The van der Waals surface area contributed by atoms with Gasteiger partial charge in [0.25, 0.3) is 0 Å². The highest BCUT2D eigenvalue weighted by molar-refractivity contribution is 6.33. The van der Waals surface area contributed by atoms with Gasteiger partial charge in [-0.3, -0.25) is 4.79 Å². The first kappa shape index (κ1) is 24.7. The van der Waals surface area contributed by atoms with Crippen LogP contribution in [0.3, 0.4) is 0 Å². The third kappa shape index (κ3) is 6.31. The van der Waals surface area contributed by atoms with Crippen LogP contribution in [0, 0.1) is 0 Å². The van der Waals surface area contributed by atoms with Crippen molar-refractivity contribution >= 4 is 29.4 Å². The van der Waals surface area contributed by atoms with Crippen molar-refractivity contribution in [1.29, 1.82) is 0 Å². The van der Waals surface area contributed by atoms with E-state index in [0.717, 1.165) is 24.2 Å². The maximum atomic E-state index is 12.8. The van der Waals surface area contributed by atoms with E-state index in [1.807, 2.05) is 13.0 Å².